The first-order chi connectivity index (χ1) is 13.8. The van der Waals surface area contributed by atoms with Gasteiger partial charge in [-0.3, -0.25) is 0 Å². The van der Waals surface area contributed by atoms with E-state index in [4.69, 9.17) is 14.2 Å². The van der Waals surface area contributed by atoms with Crippen molar-refractivity contribution in [2.75, 3.05) is 40.5 Å². The van der Waals surface area contributed by atoms with Crippen LogP contribution in [-0.4, -0.2) is 51.5 Å². The third-order valence-electron chi connectivity index (χ3n) is 3.98. The molecule has 2 aromatic rings. The van der Waals surface area contributed by atoms with Crippen molar-refractivity contribution < 1.29 is 14.2 Å². The molecule has 0 fully saturated rings. The molecular formula is C21H30N4O3. The number of rotatable bonds is 11. The fourth-order valence-corrected chi connectivity index (χ4v) is 2.56. The summed E-state index contributed by atoms with van der Waals surface area (Å²) >= 11 is 0. The number of para-hydroxylation sites is 1. The van der Waals surface area contributed by atoms with Crippen molar-refractivity contribution in [3.05, 3.63) is 53.7 Å². The van der Waals surface area contributed by atoms with Gasteiger partial charge in [0, 0.05) is 32.5 Å². The van der Waals surface area contributed by atoms with Crippen LogP contribution in [0.1, 0.15) is 18.1 Å². The van der Waals surface area contributed by atoms with E-state index in [2.05, 4.69) is 26.7 Å². The summed E-state index contributed by atoms with van der Waals surface area (Å²) in [6.45, 7) is 5.17. The molecule has 152 valence electrons. The second kappa shape index (κ2) is 12.6. The van der Waals surface area contributed by atoms with Gasteiger partial charge < -0.3 is 24.8 Å². The molecule has 0 radical (unpaired) electrons. The second-order valence-corrected chi connectivity index (χ2v) is 6.03. The summed E-state index contributed by atoms with van der Waals surface area (Å²) < 4.78 is 15.8. The maximum Gasteiger partial charge on any atom is 0.213 e. The summed E-state index contributed by atoms with van der Waals surface area (Å²) in [6, 6.07) is 11.9. The van der Waals surface area contributed by atoms with Crippen LogP contribution < -0.4 is 20.1 Å². The number of guanidine groups is 1. The number of aliphatic imine (C=N–C) groups is 1. The van der Waals surface area contributed by atoms with E-state index < -0.39 is 0 Å². The summed E-state index contributed by atoms with van der Waals surface area (Å²) in [5, 5.41) is 6.62. The minimum atomic E-state index is 0.488. The lowest BCUT2D eigenvalue weighted by atomic mass is 10.1. The molecule has 1 aromatic carbocycles. The fourth-order valence-electron chi connectivity index (χ4n) is 2.56. The van der Waals surface area contributed by atoms with E-state index in [9.17, 15) is 0 Å². The smallest absolute Gasteiger partial charge is 0.213 e. The quantitative estimate of drug-likeness (QED) is 0.351. The lowest BCUT2D eigenvalue weighted by Gasteiger charge is -2.13. The Morgan fingerprint density at radius 2 is 1.93 bits per heavy atom. The van der Waals surface area contributed by atoms with Crippen LogP contribution in [0.5, 0.6) is 11.6 Å². The summed E-state index contributed by atoms with van der Waals surface area (Å²) in [7, 11) is 3.34. The Kier molecular flexibility index (Phi) is 9.65. The van der Waals surface area contributed by atoms with Gasteiger partial charge in [0.05, 0.1) is 20.3 Å². The molecule has 0 spiro atoms. The van der Waals surface area contributed by atoms with Gasteiger partial charge in [-0.2, -0.15) is 0 Å². The van der Waals surface area contributed by atoms with Gasteiger partial charge in [-0.15, -0.1) is 0 Å². The highest BCUT2D eigenvalue weighted by Crippen LogP contribution is 2.17. The molecule has 28 heavy (non-hydrogen) atoms. The van der Waals surface area contributed by atoms with Crippen molar-refractivity contribution in [3.63, 3.8) is 0 Å². The zero-order chi connectivity index (χ0) is 20.0. The first-order valence-corrected chi connectivity index (χ1v) is 9.47. The van der Waals surface area contributed by atoms with Gasteiger partial charge in [0.15, 0.2) is 5.96 Å². The van der Waals surface area contributed by atoms with Crippen LogP contribution in [0.3, 0.4) is 0 Å². The monoisotopic (exact) mass is 386 g/mol. The predicted molar refractivity (Wildman–Crippen MR) is 111 cm³/mol. The average Bonchev–Trinajstić information content (AvgIpc) is 2.73. The minimum absolute atomic E-state index is 0.488. The number of hydrogen-bond acceptors (Lipinski definition) is 5. The Balaban J connectivity index is 1.85. The topological polar surface area (TPSA) is 77.0 Å². The number of nitrogens with zero attached hydrogens (tertiary/aromatic N) is 2. The minimum Gasteiger partial charge on any atom is -0.496 e. The third kappa shape index (κ3) is 7.44. The maximum absolute atomic E-state index is 5.47. The van der Waals surface area contributed by atoms with Gasteiger partial charge in [0.1, 0.15) is 12.4 Å². The Bertz CT molecular complexity index is 720. The number of methoxy groups -OCH3 is 2. The molecule has 2 rings (SSSR count). The van der Waals surface area contributed by atoms with E-state index in [1.807, 2.05) is 37.3 Å². The number of pyridine rings is 1. The molecule has 0 unspecified atom stereocenters. The van der Waals surface area contributed by atoms with Gasteiger partial charge in [-0.05, 0) is 30.5 Å². The van der Waals surface area contributed by atoms with Crippen LogP contribution in [-0.2, 0) is 17.7 Å². The molecular weight excluding hydrogens is 356 g/mol. The van der Waals surface area contributed by atoms with E-state index in [0.717, 1.165) is 36.8 Å². The molecule has 1 aromatic heterocycles. The molecule has 1 heterocycles. The van der Waals surface area contributed by atoms with E-state index in [-0.39, 0.29) is 0 Å². The fraction of sp³-hybridized carbons (Fsp3) is 0.429. The summed E-state index contributed by atoms with van der Waals surface area (Å²) in [4.78, 5) is 8.92. The zero-order valence-electron chi connectivity index (χ0n) is 16.9. The van der Waals surface area contributed by atoms with Crippen LogP contribution in [0.15, 0.2) is 47.6 Å². The summed E-state index contributed by atoms with van der Waals surface area (Å²) in [6.07, 6.45) is 2.63. The van der Waals surface area contributed by atoms with Gasteiger partial charge >= 0.3 is 0 Å². The highest BCUT2D eigenvalue weighted by atomic mass is 16.5. The van der Waals surface area contributed by atoms with E-state index >= 15 is 0 Å². The van der Waals surface area contributed by atoms with E-state index in [0.29, 0.717) is 25.6 Å². The molecule has 7 heteroatoms. The van der Waals surface area contributed by atoms with Gasteiger partial charge in [-0.25, -0.2) is 9.98 Å². The van der Waals surface area contributed by atoms with Gasteiger partial charge in [0.25, 0.3) is 0 Å². The highest BCUT2D eigenvalue weighted by Gasteiger charge is 2.03. The van der Waals surface area contributed by atoms with Crippen molar-refractivity contribution in [1.29, 1.82) is 0 Å². The molecule has 0 saturated carbocycles. The Morgan fingerprint density at radius 3 is 2.64 bits per heavy atom. The Morgan fingerprint density at radius 1 is 1.07 bits per heavy atom. The van der Waals surface area contributed by atoms with Gasteiger partial charge in [-0.1, -0.05) is 24.3 Å². The molecule has 0 bridgehead atoms. The van der Waals surface area contributed by atoms with Crippen molar-refractivity contribution in [2.24, 2.45) is 4.99 Å². The largest absolute Gasteiger partial charge is 0.496 e. The molecule has 7 nitrogen and oxygen atoms in total. The predicted octanol–water partition coefficient (Wildman–Crippen LogP) is 2.41. The van der Waals surface area contributed by atoms with E-state index in [1.54, 1.807) is 20.4 Å². The lowest BCUT2D eigenvalue weighted by Crippen LogP contribution is -2.38. The standard InChI is InChI=1S/C21H30N4O3/c1-4-22-21(23-12-11-18-7-5-6-8-19(18)27-3)25-16-17-9-10-20(24-15-17)28-14-13-26-2/h5-10,15H,4,11-14,16H2,1-3H3,(H2,22,23,25). The Labute approximate surface area is 167 Å². The molecule has 0 amide bonds. The van der Waals surface area contributed by atoms with Crippen LogP contribution in [0.4, 0.5) is 0 Å². The Hall–Kier alpha value is -2.80. The first-order valence-electron chi connectivity index (χ1n) is 9.47. The molecule has 0 aliphatic rings. The average molecular weight is 386 g/mol. The van der Waals surface area contributed by atoms with Crippen LogP contribution in [0.25, 0.3) is 0 Å². The van der Waals surface area contributed by atoms with Crippen LogP contribution >= 0.6 is 0 Å². The highest BCUT2D eigenvalue weighted by molar-refractivity contribution is 5.79. The van der Waals surface area contributed by atoms with Crippen molar-refractivity contribution >= 4 is 5.96 Å². The number of aromatic nitrogens is 1. The zero-order valence-corrected chi connectivity index (χ0v) is 16.9. The molecule has 0 aliphatic carbocycles. The van der Waals surface area contributed by atoms with Gasteiger partial charge in [0.2, 0.25) is 5.88 Å². The van der Waals surface area contributed by atoms with Crippen LogP contribution in [0.2, 0.25) is 0 Å². The molecule has 2 N–H and O–H groups in total. The second-order valence-electron chi connectivity index (χ2n) is 6.03. The van der Waals surface area contributed by atoms with E-state index in [1.165, 1.54) is 5.56 Å². The van der Waals surface area contributed by atoms with Crippen molar-refractivity contribution in [2.45, 2.75) is 19.9 Å². The molecule has 0 aliphatic heterocycles. The number of benzene rings is 1. The third-order valence-corrected chi connectivity index (χ3v) is 3.98. The first kappa shape index (κ1) is 21.5. The number of nitrogens with one attached hydrogen (secondary N) is 2. The maximum atomic E-state index is 5.47. The van der Waals surface area contributed by atoms with Crippen molar-refractivity contribution in [3.8, 4) is 11.6 Å². The molecule has 0 atom stereocenters. The normalized spacial score (nSPS) is 11.2. The SMILES string of the molecule is CCNC(=NCc1ccc(OCCOC)nc1)NCCc1ccccc1OC. The lowest BCUT2D eigenvalue weighted by molar-refractivity contribution is 0.143. The molecule has 0 saturated heterocycles. The number of ether oxygens (including phenoxy) is 3. The van der Waals surface area contributed by atoms with Crippen molar-refractivity contribution in [1.82, 2.24) is 15.6 Å². The summed E-state index contributed by atoms with van der Waals surface area (Å²) in [5.74, 6) is 2.27. The number of hydrogen-bond donors (Lipinski definition) is 2. The summed E-state index contributed by atoms with van der Waals surface area (Å²) in [5.41, 5.74) is 2.18. The van der Waals surface area contributed by atoms with Crippen LogP contribution in [0, 0.1) is 0 Å².